The minimum atomic E-state index is -0.327. The van der Waals surface area contributed by atoms with Gasteiger partial charge in [0.15, 0.2) is 0 Å². The van der Waals surface area contributed by atoms with Crippen molar-refractivity contribution in [2.45, 2.75) is 69.2 Å². The number of anilines is 2. The van der Waals surface area contributed by atoms with Crippen LogP contribution in [0.1, 0.15) is 97.1 Å². The SMILES string of the molecule is Cc1ccc(-c2ccc3c(c2)C(=O)N(c2c(C)c(C)c(-c4c(C)c(C)c(N5C(=O)c6ccc(-c7ccc(C)cc7)cc6C5=O)c(C)c4C)c(C)c2C)C3=O)cc1. The monoisotopic (exact) mass is 736 g/mol. The molecule has 0 bridgehead atoms. The van der Waals surface area contributed by atoms with Gasteiger partial charge in [0, 0.05) is 0 Å². The zero-order chi connectivity index (χ0) is 40.1. The first-order chi connectivity index (χ1) is 26.6. The van der Waals surface area contributed by atoms with Crippen molar-refractivity contribution >= 4 is 35.0 Å². The molecule has 8 rings (SSSR count). The highest BCUT2D eigenvalue weighted by molar-refractivity contribution is 6.36. The second-order valence-electron chi connectivity index (χ2n) is 15.6. The Morgan fingerprint density at radius 2 is 0.571 bits per heavy atom. The number of benzene rings is 6. The van der Waals surface area contributed by atoms with Crippen molar-refractivity contribution in [3.63, 3.8) is 0 Å². The van der Waals surface area contributed by atoms with Crippen LogP contribution in [-0.4, -0.2) is 23.6 Å². The minimum Gasteiger partial charge on any atom is -0.268 e. The van der Waals surface area contributed by atoms with E-state index in [0.29, 0.717) is 33.6 Å². The standard InChI is InChI=1S/C50H44N2O4/c1-25-11-15-35(16-12-25)37-19-21-39-41(23-37)49(55)51(47(39)53)45-31(7)27(3)43(28(4)32(45)8)44-29(5)33(9)46(34(10)30(44)6)52-48(54)40-22-20-38(24-42(40)50(52)56)36-17-13-26(2)14-18-36/h11-24H,1-10H3. The highest BCUT2D eigenvalue weighted by Gasteiger charge is 2.41. The summed E-state index contributed by atoms with van der Waals surface area (Å²) >= 11 is 0. The van der Waals surface area contributed by atoms with E-state index in [2.05, 4.69) is 0 Å². The van der Waals surface area contributed by atoms with Gasteiger partial charge in [0.25, 0.3) is 23.6 Å². The van der Waals surface area contributed by atoms with E-state index in [-0.39, 0.29) is 23.6 Å². The van der Waals surface area contributed by atoms with Crippen molar-refractivity contribution in [1.29, 1.82) is 0 Å². The van der Waals surface area contributed by atoms with E-state index in [4.69, 9.17) is 0 Å². The lowest BCUT2D eigenvalue weighted by Gasteiger charge is -2.29. The molecule has 2 aliphatic heterocycles. The van der Waals surface area contributed by atoms with Crippen molar-refractivity contribution < 1.29 is 19.2 Å². The molecule has 56 heavy (non-hydrogen) atoms. The maximum Gasteiger partial charge on any atom is 0.266 e. The summed E-state index contributed by atoms with van der Waals surface area (Å²) in [4.78, 5) is 59.1. The lowest BCUT2D eigenvalue weighted by Crippen LogP contribution is -2.31. The predicted octanol–water partition coefficient (Wildman–Crippen LogP) is 11.4. The smallest absolute Gasteiger partial charge is 0.266 e. The molecule has 6 aromatic carbocycles. The third-order valence-electron chi connectivity index (χ3n) is 12.4. The van der Waals surface area contributed by atoms with Gasteiger partial charge < -0.3 is 0 Å². The molecule has 0 saturated carbocycles. The lowest BCUT2D eigenvalue weighted by molar-refractivity contribution is 0.0910. The largest absolute Gasteiger partial charge is 0.268 e. The second-order valence-corrected chi connectivity index (χ2v) is 15.6. The van der Waals surface area contributed by atoms with E-state index >= 15 is 0 Å². The zero-order valence-corrected chi connectivity index (χ0v) is 33.6. The Labute approximate surface area is 328 Å². The normalized spacial score (nSPS) is 13.6. The lowest BCUT2D eigenvalue weighted by atomic mass is 9.81. The Balaban J connectivity index is 1.19. The molecule has 4 amide bonds. The van der Waals surface area contributed by atoms with Crippen molar-refractivity contribution in [2.75, 3.05) is 9.80 Å². The molecule has 0 unspecified atom stereocenters. The van der Waals surface area contributed by atoms with E-state index in [0.717, 1.165) is 89.0 Å². The maximum absolute atomic E-state index is 14.2. The van der Waals surface area contributed by atoms with Crippen molar-refractivity contribution in [3.8, 4) is 33.4 Å². The van der Waals surface area contributed by atoms with Gasteiger partial charge in [-0.05, 0) is 171 Å². The number of fused-ring (bicyclic) bond motifs is 2. The second kappa shape index (κ2) is 13.1. The Kier molecular flexibility index (Phi) is 8.57. The van der Waals surface area contributed by atoms with Gasteiger partial charge in [-0.25, -0.2) is 9.80 Å². The quantitative estimate of drug-likeness (QED) is 0.165. The topological polar surface area (TPSA) is 74.8 Å². The van der Waals surface area contributed by atoms with Crippen molar-refractivity contribution in [3.05, 3.63) is 163 Å². The Morgan fingerprint density at radius 3 is 0.875 bits per heavy atom. The van der Waals surface area contributed by atoms with Crippen LogP contribution in [0.5, 0.6) is 0 Å². The molecule has 0 spiro atoms. The van der Waals surface area contributed by atoms with E-state index < -0.39 is 0 Å². The van der Waals surface area contributed by atoms with Crippen LogP contribution in [0.25, 0.3) is 33.4 Å². The highest BCUT2D eigenvalue weighted by Crippen LogP contribution is 2.47. The van der Waals surface area contributed by atoms with Crippen LogP contribution in [0.3, 0.4) is 0 Å². The molecule has 6 heteroatoms. The molecular formula is C50H44N2O4. The molecule has 2 heterocycles. The molecule has 278 valence electrons. The third kappa shape index (κ3) is 5.30. The first kappa shape index (κ1) is 36.6. The number of amides is 4. The van der Waals surface area contributed by atoms with Crippen LogP contribution in [0.15, 0.2) is 84.9 Å². The predicted molar refractivity (Wildman–Crippen MR) is 225 cm³/mol. The number of hydrogen-bond acceptors (Lipinski definition) is 4. The Morgan fingerprint density at radius 1 is 0.304 bits per heavy atom. The van der Waals surface area contributed by atoms with Crippen LogP contribution in [0.2, 0.25) is 0 Å². The minimum absolute atomic E-state index is 0.325. The molecule has 0 N–H and O–H groups in total. The van der Waals surface area contributed by atoms with Crippen LogP contribution in [0, 0.1) is 69.2 Å². The zero-order valence-electron chi connectivity index (χ0n) is 33.6. The third-order valence-corrected chi connectivity index (χ3v) is 12.4. The van der Waals surface area contributed by atoms with Crippen LogP contribution >= 0.6 is 0 Å². The van der Waals surface area contributed by atoms with Gasteiger partial charge in [0.1, 0.15) is 0 Å². The fraction of sp³-hybridized carbons (Fsp3) is 0.200. The molecule has 0 aromatic heterocycles. The van der Waals surface area contributed by atoms with Crippen LogP contribution < -0.4 is 9.80 Å². The number of carbonyl (C=O) groups excluding carboxylic acids is 4. The number of carbonyl (C=O) groups is 4. The molecule has 0 saturated heterocycles. The Hall–Kier alpha value is -6.40. The van der Waals surface area contributed by atoms with Crippen LogP contribution in [-0.2, 0) is 0 Å². The van der Waals surface area contributed by atoms with Crippen molar-refractivity contribution in [1.82, 2.24) is 0 Å². The molecule has 0 aliphatic carbocycles. The van der Waals surface area contributed by atoms with Gasteiger partial charge in [-0.3, -0.25) is 19.2 Å². The molecule has 6 nitrogen and oxygen atoms in total. The first-order valence-corrected chi connectivity index (χ1v) is 19.0. The van der Waals surface area contributed by atoms with Gasteiger partial charge >= 0.3 is 0 Å². The summed E-state index contributed by atoms with van der Waals surface area (Å²) in [6.45, 7) is 20.1. The summed E-state index contributed by atoms with van der Waals surface area (Å²) < 4.78 is 0. The van der Waals surface area contributed by atoms with Crippen molar-refractivity contribution in [2.24, 2.45) is 0 Å². The molecule has 0 atom stereocenters. The summed E-state index contributed by atoms with van der Waals surface area (Å²) in [6.07, 6.45) is 0. The van der Waals surface area contributed by atoms with E-state index in [1.807, 2.05) is 142 Å². The summed E-state index contributed by atoms with van der Waals surface area (Å²) in [5.41, 5.74) is 18.2. The fourth-order valence-corrected chi connectivity index (χ4v) is 8.75. The number of imide groups is 2. The average molecular weight is 737 g/mol. The summed E-state index contributed by atoms with van der Waals surface area (Å²) in [5, 5.41) is 0. The molecular weight excluding hydrogens is 693 g/mol. The summed E-state index contributed by atoms with van der Waals surface area (Å²) in [7, 11) is 0. The maximum atomic E-state index is 14.2. The summed E-state index contributed by atoms with van der Waals surface area (Å²) in [5.74, 6) is -1.30. The molecule has 2 aliphatic rings. The molecule has 0 radical (unpaired) electrons. The van der Waals surface area contributed by atoms with E-state index in [1.165, 1.54) is 9.80 Å². The first-order valence-electron chi connectivity index (χ1n) is 19.0. The highest BCUT2D eigenvalue weighted by atomic mass is 16.2. The molecule has 0 fully saturated rings. The van der Waals surface area contributed by atoms with Gasteiger partial charge in [-0.1, -0.05) is 71.8 Å². The van der Waals surface area contributed by atoms with Gasteiger partial charge in [0.2, 0.25) is 0 Å². The average Bonchev–Trinajstić information content (AvgIpc) is 3.58. The number of hydrogen-bond donors (Lipinski definition) is 0. The molecule has 6 aromatic rings. The summed E-state index contributed by atoms with van der Waals surface area (Å²) in [6, 6.07) is 27.2. The number of aryl methyl sites for hydroxylation is 2. The van der Waals surface area contributed by atoms with Gasteiger partial charge in [-0.2, -0.15) is 0 Å². The fourth-order valence-electron chi connectivity index (χ4n) is 8.75. The van der Waals surface area contributed by atoms with E-state index in [9.17, 15) is 19.2 Å². The van der Waals surface area contributed by atoms with Gasteiger partial charge in [0.05, 0.1) is 33.6 Å². The van der Waals surface area contributed by atoms with E-state index in [1.54, 1.807) is 12.1 Å². The Bertz CT molecular complexity index is 2500. The number of rotatable bonds is 5. The van der Waals surface area contributed by atoms with Crippen LogP contribution in [0.4, 0.5) is 11.4 Å². The number of nitrogens with zero attached hydrogens (tertiary/aromatic N) is 2. The van der Waals surface area contributed by atoms with Gasteiger partial charge in [-0.15, -0.1) is 0 Å².